The molecule has 0 aliphatic carbocycles. The minimum Gasteiger partial charge on any atom is -0.356 e. The highest BCUT2D eigenvalue weighted by molar-refractivity contribution is 5.56. The Bertz CT molecular complexity index is 1320. The second-order valence-electron chi connectivity index (χ2n) is 8.09. The minimum atomic E-state index is -4.40. The van der Waals surface area contributed by atoms with Crippen LogP contribution in [0.1, 0.15) is 24.4 Å². The Labute approximate surface area is 193 Å². The molecule has 3 aromatic heterocycles. The van der Waals surface area contributed by atoms with Crippen molar-refractivity contribution in [1.82, 2.24) is 24.5 Å². The van der Waals surface area contributed by atoms with Gasteiger partial charge in [-0.2, -0.15) is 23.4 Å². The molecule has 0 N–H and O–H groups in total. The van der Waals surface area contributed by atoms with Gasteiger partial charge in [-0.3, -0.25) is 9.48 Å². The maximum absolute atomic E-state index is 12.8. The topological polar surface area (TPSA) is 68.8 Å². The van der Waals surface area contributed by atoms with Gasteiger partial charge in [0.05, 0.1) is 29.2 Å². The molecule has 4 heterocycles. The molecule has 4 aromatic rings. The first-order valence-corrected chi connectivity index (χ1v) is 10.9. The molecule has 1 aliphatic heterocycles. The summed E-state index contributed by atoms with van der Waals surface area (Å²) >= 11 is 0. The Balaban J connectivity index is 1.34. The smallest absolute Gasteiger partial charge is 0.356 e. The zero-order valence-electron chi connectivity index (χ0n) is 18.1. The fraction of sp³-hybridized carbons (Fsp3) is 0.250. The number of aromatic nitrogens is 5. The minimum absolute atomic E-state index is 0.0538. The Morgan fingerprint density at radius 1 is 0.941 bits per heavy atom. The van der Waals surface area contributed by atoms with Gasteiger partial charge in [0, 0.05) is 31.5 Å². The maximum atomic E-state index is 12.8. The van der Waals surface area contributed by atoms with Crippen LogP contribution < -0.4 is 10.3 Å². The number of piperidine rings is 1. The molecular weight excluding hydrogens is 445 g/mol. The van der Waals surface area contributed by atoms with Crippen LogP contribution in [0.3, 0.4) is 0 Å². The van der Waals surface area contributed by atoms with Gasteiger partial charge >= 0.3 is 6.18 Å². The van der Waals surface area contributed by atoms with Crippen LogP contribution in [0, 0.1) is 0 Å². The molecule has 1 aromatic carbocycles. The van der Waals surface area contributed by atoms with Crippen molar-refractivity contribution in [3.63, 3.8) is 0 Å². The first-order valence-electron chi connectivity index (χ1n) is 10.9. The number of nitrogens with zero attached hydrogens (tertiary/aromatic N) is 6. The number of hydrogen-bond acceptors (Lipinski definition) is 5. The Morgan fingerprint density at radius 2 is 1.71 bits per heavy atom. The zero-order valence-corrected chi connectivity index (χ0v) is 18.1. The Morgan fingerprint density at radius 3 is 2.38 bits per heavy atom. The summed E-state index contributed by atoms with van der Waals surface area (Å²) < 4.78 is 41.9. The van der Waals surface area contributed by atoms with Crippen LogP contribution in [0.4, 0.5) is 19.0 Å². The van der Waals surface area contributed by atoms with Crippen LogP contribution in [0.2, 0.25) is 0 Å². The van der Waals surface area contributed by atoms with E-state index < -0.39 is 11.7 Å². The van der Waals surface area contributed by atoms with Gasteiger partial charge in [0.2, 0.25) is 5.43 Å². The van der Waals surface area contributed by atoms with E-state index in [-0.39, 0.29) is 11.5 Å². The van der Waals surface area contributed by atoms with E-state index in [1.54, 1.807) is 27.8 Å². The largest absolute Gasteiger partial charge is 0.417 e. The lowest BCUT2D eigenvalue weighted by Gasteiger charge is -2.33. The fourth-order valence-electron chi connectivity index (χ4n) is 4.16. The van der Waals surface area contributed by atoms with E-state index in [0.717, 1.165) is 30.8 Å². The van der Waals surface area contributed by atoms with Gasteiger partial charge in [-0.25, -0.2) is 9.67 Å². The van der Waals surface area contributed by atoms with Crippen molar-refractivity contribution < 1.29 is 13.2 Å². The third-order valence-corrected chi connectivity index (χ3v) is 5.95. The van der Waals surface area contributed by atoms with Gasteiger partial charge in [0.15, 0.2) is 5.69 Å². The first-order chi connectivity index (χ1) is 16.4. The van der Waals surface area contributed by atoms with Gasteiger partial charge in [0.25, 0.3) is 0 Å². The molecule has 0 amide bonds. The monoisotopic (exact) mass is 466 g/mol. The summed E-state index contributed by atoms with van der Waals surface area (Å²) in [6, 6.07) is 15.3. The van der Waals surface area contributed by atoms with E-state index >= 15 is 0 Å². The van der Waals surface area contributed by atoms with Gasteiger partial charge in [0.1, 0.15) is 5.82 Å². The van der Waals surface area contributed by atoms with Crippen LogP contribution >= 0.6 is 0 Å². The number of benzene rings is 1. The van der Waals surface area contributed by atoms with Gasteiger partial charge in [-0.15, -0.1) is 0 Å². The molecule has 174 valence electrons. The number of alkyl halides is 3. The molecular formula is C24H21F3N6O. The van der Waals surface area contributed by atoms with E-state index in [4.69, 9.17) is 0 Å². The van der Waals surface area contributed by atoms with Gasteiger partial charge in [-0.05, 0) is 43.2 Å². The Kier molecular flexibility index (Phi) is 5.64. The van der Waals surface area contributed by atoms with Crippen LogP contribution in [0.5, 0.6) is 0 Å². The summed E-state index contributed by atoms with van der Waals surface area (Å²) in [5.74, 6) is 0.520. The lowest BCUT2D eigenvalue weighted by molar-refractivity contribution is -0.137. The summed E-state index contributed by atoms with van der Waals surface area (Å²) in [5, 5.41) is 9.00. The predicted molar refractivity (Wildman–Crippen MR) is 121 cm³/mol. The standard InChI is InChI=1S/C24H21F3N6O/c25-24(26,27)17-6-7-22(28-16-17)31-13-9-18(10-14-31)32-15-11-21(34)23(30-32)20-8-12-29-33(20)19-4-2-1-3-5-19/h1-8,11-12,15-16,18H,9-10,13-14H2. The van der Waals surface area contributed by atoms with E-state index in [9.17, 15) is 18.0 Å². The number of anilines is 1. The highest BCUT2D eigenvalue weighted by Gasteiger charge is 2.31. The summed E-state index contributed by atoms with van der Waals surface area (Å²) in [6.45, 7) is 1.24. The number of halogens is 3. The fourth-order valence-corrected chi connectivity index (χ4v) is 4.16. The average molecular weight is 466 g/mol. The third-order valence-electron chi connectivity index (χ3n) is 5.95. The highest BCUT2D eigenvalue weighted by atomic mass is 19.4. The molecule has 0 radical (unpaired) electrons. The van der Waals surface area contributed by atoms with Crippen LogP contribution in [0.25, 0.3) is 17.1 Å². The third kappa shape index (κ3) is 4.30. The molecule has 1 saturated heterocycles. The number of pyridine rings is 1. The summed E-state index contributed by atoms with van der Waals surface area (Å²) in [4.78, 5) is 18.6. The lowest BCUT2D eigenvalue weighted by atomic mass is 10.1. The van der Waals surface area contributed by atoms with Crippen molar-refractivity contribution in [2.75, 3.05) is 18.0 Å². The molecule has 0 atom stereocenters. The summed E-state index contributed by atoms with van der Waals surface area (Å²) in [7, 11) is 0. The van der Waals surface area contributed by atoms with Crippen molar-refractivity contribution in [3.05, 3.63) is 89.0 Å². The summed E-state index contributed by atoms with van der Waals surface area (Å²) in [5.41, 5.74) is 0.801. The van der Waals surface area contributed by atoms with Crippen molar-refractivity contribution in [2.45, 2.75) is 25.1 Å². The maximum Gasteiger partial charge on any atom is 0.417 e. The SMILES string of the molecule is O=c1ccn(C2CCN(c3ccc(C(F)(F)F)cn3)CC2)nc1-c1ccnn1-c1ccccc1. The normalized spacial score (nSPS) is 15.0. The molecule has 0 spiro atoms. The first kappa shape index (κ1) is 21.9. The number of rotatable bonds is 4. The molecule has 10 heteroatoms. The quantitative estimate of drug-likeness (QED) is 0.447. The molecule has 0 saturated carbocycles. The Hall–Kier alpha value is -3.95. The molecule has 0 bridgehead atoms. The second-order valence-corrected chi connectivity index (χ2v) is 8.09. The number of hydrogen-bond donors (Lipinski definition) is 0. The molecule has 1 fully saturated rings. The van der Waals surface area contributed by atoms with Gasteiger partial charge in [-0.1, -0.05) is 18.2 Å². The van der Waals surface area contributed by atoms with Crippen molar-refractivity contribution in [2.24, 2.45) is 0 Å². The van der Waals surface area contributed by atoms with E-state index in [0.29, 0.717) is 30.3 Å². The zero-order chi connectivity index (χ0) is 23.7. The van der Waals surface area contributed by atoms with Crippen LogP contribution in [0.15, 0.2) is 78.0 Å². The molecule has 34 heavy (non-hydrogen) atoms. The van der Waals surface area contributed by atoms with E-state index in [2.05, 4.69) is 15.2 Å². The van der Waals surface area contributed by atoms with E-state index in [1.165, 1.54) is 12.1 Å². The van der Waals surface area contributed by atoms with Crippen LogP contribution in [-0.2, 0) is 6.18 Å². The van der Waals surface area contributed by atoms with Crippen molar-refractivity contribution in [1.29, 1.82) is 0 Å². The van der Waals surface area contributed by atoms with Crippen molar-refractivity contribution >= 4 is 5.82 Å². The average Bonchev–Trinajstić information content (AvgIpc) is 3.34. The van der Waals surface area contributed by atoms with Crippen molar-refractivity contribution in [3.8, 4) is 17.1 Å². The number of para-hydroxylation sites is 1. The predicted octanol–water partition coefficient (Wildman–Crippen LogP) is 4.35. The van der Waals surface area contributed by atoms with Crippen LogP contribution in [-0.4, -0.2) is 37.6 Å². The van der Waals surface area contributed by atoms with E-state index in [1.807, 2.05) is 35.2 Å². The molecule has 1 aliphatic rings. The molecule has 0 unspecified atom stereocenters. The highest BCUT2D eigenvalue weighted by Crippen LogP contribution is 2.31. The summed E-state index contributed by atoms with van der Waals surface area (Å²) in [6.07, 6.45) is 1.23. The molecule has 7 nitrogen and oxygen atoms in total. The second kappa shape index (κ2) is 8.77. The molecule has 5 rings (SSSR count). The lowest BCUT2D eigenvalue weighted by Crippen LogP contribution is -2.36. The van der Waals surface area contributed by atoms with Gasteiger partial charge < -0.3 is 4.90 Å².